The standard InChI is InChI=1S/C10H10FNO/c1-7-6-12-10(13-7)8-2-4-9(11)5-3-8/h2-6,10,12H,1H3. The van der Waals surface area contributed by atoms with Gasteiger partial charge in [0, 0.05) is 11.8 Å². The van der Waals surface area contributed by atoms with Gasteiger partial charge < -0.3 is 10.1 Å². The summed E-state index contributed by atoms with van der Waals surface area (Å²) in [5, 5.41) is 3.04. The molecule has 0 amide bonds. The molecule has 2 nitrogen and oxygen atoms in total. The van der Waals surface area contributed by atoms with Gasteiger partial charge in [0.25, 0.3) is 0 Å². The topological polar surface area (TPSA) is 21.3 Å². The highest BCUT2D eigenvalue weighted by Crippen LogP contribution is 2.22. The van der Waals surface area contributed by atoms with Crippen molar-refractivity contribution in [2.45, 2.75) is 13.2 Å². The van der Waals surface area contributed by atoms with Crippen LogP contribution in [0.4, 0.5) is 4.39 Å². The molecule has 0 spiro atoms. The molecule has 68 valence electrons. The van der Waals surface area contributed by atoms with Gasteiger partial charge in [-0.3, -0.25) is 0 Å². The summed E-state index contributed by atoms with van der Waals surface area (Å²) >= 11 is 0. The maximum Gasteiger partial charge on any atom is 0.195 e. The molecule has 3 heteroatoms. The predicted molar refractivity (Wildman–Crippen MR) is 47.1 cm³/mol. The molecule has 1 aliphatic heterocycles. The van der Waals surface area contributed by atoms with Crippen LogP contribution in [0.25, 0.3) is 0 Å². The van der Waals surface area contributed by atoms with Crippen LogP contribution in [-0.4, -0.2) is 0 Å². The number of hydrogen-bond acceptors (Lipinski definition) is 2. The molecule has 0 saturated carbocycles. The number of ether oxygens (including phenoxy) is 1. The number of hydrogen-bond donors (Lipinski definition) is 1. The smallest absolute Gasteiger partial charge is 0.195 e. The molecular weight excluding hydrogens is 169 g/mol. The van der Waals surface area contributed by atoms with Gasteiger partial charge in [-0.25, -0.2) is 4.39 Å². The quantitative estimate of drug-likeness (QED) is 0.714. The van der Waals surface area contributed by atoms with Crippen LogP contribution in [0, 0.1) is 5.82 Å². The minimum atomic E-state index is -0.230. The zero-order valence-electron chi connectivity index (χ0n) is 7.25. The Labute approximate surface area is 76.0 Å². The molecule has 1 atom stereocenters. The monoisotopic (exact) mass is 179 g/mol. The summed E-state index contributed by atoms with van der Waals surface area (Å²) in [5.74, 6) is 0.612. The lowest BCUT2D eigenvalue weighted by Gasteiger charge is -2.12. The van der Waals surface area contributed by atoms with Gasteiger partial charge in [0.15, 0.2) is 6.23 Å². The van der Waals surface area contributed by atoms with Gasteiger partial charge in [0.05, 0.1) is 0 Å². The Morgan fingerprint density at radius 2 is 2.00 bits per heavy atom. The average molecular weight is 179 g/mol. The van der Waals surface area contributed by atoms with Gasteiger partial charge in [-0.05, 0) is 19.1 Å². The van der Waals surface area contributed by atoms with Crippen LogP contribution >= 0.6 is 0 Å². The third-order valence-corrected chi connectivity index (χ3v) is 1.91. The van der Waals surface area contributed by atoms with Crippen molar-refractivity contribution in [2.75, 3.05) is 0 Å². The normalized spacial score (nSPS) is 20.5. The minimum Gasteiger partial charge on any atom is -0.470 e. The lowest BCUT2D eigenvalue weighted by molar-refractivity contribution is 0.130. The van der Waals surface area contributed by atoms with Crippen LogP contribution in [0.1, 0.15) is 18.7 Å². The van der Waals surface area contributed by atoms with E-state index in [-0.39, 0.29) is 12.0 Å². The van der Waals surface area contributed by atoms with Crippen LogP contribution in [0.15, 0.2) is 36.2 Å². The lowest BCUT2D eigenvalue weighted by atomic mass is 10.2. The maximum absolute atomic E-state index is 12.6. The van der Waals surface area contributed by atoms with Gasteiger partial charge >= 0.3 is 0 Å². The molecule has 0 saturated heterocycles. The fraction of sp³-hybridized carbons (Fsp3) is 0.200. The molecule has 1 aliphatic rings. The third kappa shape index (κ3) is 1.64. The first-order valence-electron chi connectivity index (χ1n) is 4.10. The van der Waals surface area contributed by atoms with Gasteiger partial charge in [-0.2, -0.15) is 0 Å². The highest BCUT2D eigenvalue weighted by molar-refractivity contribution is 5.20. The number of allylic oxidation sites excluding steroid dienone is 1. The van der Waals surface area contributed by atoms with E-state index in [9.17, 15) is 4.39 Å². The third-order valence-electron chi connectivity index (χ3n) is 1.91. The van der Waals surface area contributed by atoms with Crippen molar-refractivity contribution >= 4 is 0 Å². The Morgan fingerprint density at radius 3 is 2.54 bits per heavy atom. The Kier molecular flexibility index (Phi) is 1.93. The summed E-state index contributed by atoms with van der Waals surface area (Å²) < 4.78 is 18.0. The molecule has 0 aromatic heterocycles. The SMILES string of the molecule is CC1=CNC(c2ccc(F)cc2)O1. The second-order valence-electron chi connectivity index (χ2n) is 2.97. The molecule has 0 radical (unpaired) electrons. The second-order valence-corrected chi connectivity index (χ2v) is 2.97. The van der Waals surface area contributed by atoms with Crippen LogP contribution < -0.4 is 5.32 Å². The Morgan fingerprint density at radius 1 is 1.31 bits per heavy atom. The molecule has 2 rings (SSSR count). The zero-order valence-corrected chi connectivity index (χ0v) is 7.25. The second kappa shape index (κ2) is 3.09. The van der Waals surface area contributed by atoms with Crippen molar-refractivity contribution in [2.24, 2.45) is 0 Å². The summed E-state index contributed by atoms with van der Waals surface area (Å²) in [6.07, 6.45) is 1.63. The van der Waals surface area contributed by atoms with E-state index in [4.69, 9.17) is 4.74 Å². The molecule has 1 heterocycles. The van der Waals surface area contributed by atoms with E-state index in [0.717, 1.165) is 11.3 Å². The number of rotatable bonds is 1. The Hall–Kier alpha value is -1.51. The van der Waals surface area contributed by atoms with Gasteiger partial charge in [-0.1, -0.05) is 12.1 Å². The minimum absolute atomic E-state index is 0.166. The maximum atomic E-state index is 12.6. The first-order chi connectivity index (χ1) is 6.25. The van der Waals surface area contributed by atoms with Crippen molar-refractivity contribution in [3.63, 3.8) is 0 Å². The predicted octanol–water partition coefficient (Wildman–Crippen LogP) is 2.31. The highest BCUT2D eigenvalue weighted by atomic mass is 19.1. The molecule has 13 heavy (non-hydrogen) atoms. The van der Waals surface area contributed by atoms with Gasteiger partial charge in [0.2, 0.25) is 0 Å². The molecule has 0 aliphatic carbocycles. The van der Waals surface area contributed by atoms with Gasteiger partial charge in [-0.15, -0.1) is 0 Å². The summed E-state index contributed by atoms with van der Waals surface area (Å²) in [5.41, 5.74) is 0.925. The van der Waals surface area contributed by atoms with Crippen molar-refractivity contribution in [1.82, 2.24) is 5.32 Å². The van der Waals surface area contributed by atoms with Crippen LogP contribution in [0.3, 0.4) is 0 Å². The van der Waals surface area contributed by atoms with E-state index in [2.05, 4.69) is 5.32 Å². The largest absolute Gasteiger partial charge is 0.470 e. The van der Waals surface area contributed by atoms with E-state index in [0.29, 0.717) is 0 Å². The van der Waals surface area contributed by atoms with Crippen molar-refractivity contribution in [1.29, 1.82) is 0 Å². The first-order valence-corrected chi connectivity index (χ1v) is 4.10. The van der Waals surface area contributed by atoms with Crippen molar-refractivity contribution < 1.29 is 9.13 Å². The zero-order chi connectivity index (χ0) is 9.26. The van der Waals surface area contributed by atoms with Crippen molar-refractivity contribution in [3.05, 3.63) is 47.6 Å². The van der Waals surface area contributed by atoms with E-state index < -0.39 is 0 Å². The molecular formula is C10H10FNO. The van der Waals surface area contributed by atoms with Crippen LogP contribution in [-0.2, 0) is 4.74 Å². The summed E-state index contributed by atoms with van der Waals surface area (Å²) in [6, 6.07) is 6.26. The number of halogens is 1. The van der Waals surface area contributed by atoms with E-state index >= 15 is 0 Å². The van der Waals surface area contributed by atoms with E-state index in [1.807, 2.05) is 6.92 Å². The Balaban J connectivity index is 2.14. The highest BCUT2D eigenvalue weighted by Gasteiger charge is 2.15. The number of benzene rings is 1. The molecule has 1 unspecified atom stereocenters. The number of nitrogens with one attached hydrogen (secondary N) is 1. The van der Waals surface area contributed by atoms with Crippen molar-refractivity contribution in [3.8, 4) is 0 Å². The molecule has 1 aromatic carbocycles. The fourth-order valence-electron chi connectivity index (χ4n) is 1.25. The van der Waals surface area contributed by atoms with Crippen LogP contribution in [0.5, 0.6) is 0 Å². The lowest BCUT2D eigenvalue weighted by Crippen LogP contribution is -2.11. The molecule has 1 N–H and O–H groups in total. The van der Waals surface area contributed by atoms with E-state index in [1.165, 1.54) is 12.1 Å². The summed E-state index contributed by atoms with van der Waals surface area (Å²) in [4.78, 5) is 0. The molecule has 1 aromatic rings. The molecule has 0 fully saturated rings. The fourth-order valence-corrected chi connectivity index (χ4v) is 1.25. The summed E-state index contributed by atoms with van der Waals surface area (Å²) in [6.45, 7) is 1.87. The van der Waals surface area contributed by atoms with Crippen LogP contribution in [0.2, 0.25) is 0 Å². The van der Waals surface area contributed by atoms with Gasteiger partial charge in [0.1, 0.15) is 11.6 Å². The average Bonchev–Trinajstić information content (AvgIpc) is 2.53. The Bertz CT molecular complexity index is 331. The van der Waals surface area contributed by atoms with E-state index in [1.54, 1.807) is 18.3 Å². The summed E-state index contributed by atoms with van der Waals surface area (Å²) in [7, 11) is 0. The first kappa shape index (κ1) is 8.10. The molecule has 0 bridgehead atoms.